The topological polar surface area (TPSA) is 24.6 Å². The molecule has 0 unspecified atom stereocenters. The van der Waals surface area contributed by atoms with E-state index < -0.39 is 0 Å². The molecule has 1 aliphatic heterocycles. The first-order valence-corrected chi connectivity index (χ1v) is 3.63. The maximum Gasteiger partial charge on any atom is 0.231 e. The van der Waals surface area contributed by atoms with Crippen LogP contribution in [-0.4, -0.2) is 17.8 Å². The fourth-order valence-corrected chi connectivity index (χ4v) is 0.837. The normalized spacial score (nSPS) is 16.9. The Labute approximate surface area is 61.0 Å². The molecule has 0 spiro atoms. The zero-order chi connectivity index (χ0) is 7.40. The van der Waals surface area contributed by atoms with Crippen molar-refractivity contribution in [2.24, 2.45) is 5.28 Å². The molecule has 0 atom stereocenters. The van der Waals surface area contributed by atoms with E-state index >= 15 is 0 Å². The summed E-state index contributed by atoms with van der Waals surface area (Å²) in [6, 6.07) is 0. The number of rotatable bonds is 3. The molecule has 0 aromatic carbocycles. The summed E-state index contributed by atoms with van der Waals surface area (Å²) >= 11 is 0. The first-order chi connectivity index (χ1) is 4.83. The van der Waals surface area contributed by atoms with Gasteiger partial charge in [0.2, 0.25) is 12.3 Å². The summed E-state index contributed by atoms with van der Waals surface area (Å²) in [6.07, 6.45) is 2.36. The number of unbranched alkanes of at least 4 members (excludes halogenated alkanes) is 1. The number of nitrogens with zero attached hydrogens (tertiary/aromatic N) is 2. The number of hydrogen-bond acceptors (Lipinski definition) is 2. The Kier molecular flexibility index (Phi) is 2.42. The highest BCUT2D eigenvalue weighted by Gasteiger charge is 2.17. The van der Waals surface area contributed by atoms with Gasteiger partial charge in [-0.15, -0.1) is 0 Å². The fraction of sp³-hybridized carbons (Fsp3) is 0.714. The van der Waals surface area contributed by atoms with Gasteiger partial charge < -0.3 is 4.84 Å². The van der Waals surface area contributed by atoms with Gasteiger partial charge >= 0.3 is 0 Å². The van der Waals surface area contributed by atoms with Gasteiger partial charge in [-0.05, 0) is 0 Å². The molecule has 0 saturated carbocycles. The highest BCUT2D eigenvalue weighted by molar-refractivity contribution is 4.80. The zero-order valence-corrected chi connectivity index (χ0v) is 6.34. The van der Waals surface area contributed by atoms with Crippen LogP contribution in [0.5, 0.6) is 0 Å². The average Bonchev–Trinajstić information content (AvgIpc) is 2.31. The van der Waals surface area contributed by atoms with E-state index in [0.717, 1.165) is 18.8 Å². The Balaban J connectivity index is 2.23. The molecule has 0 aliphatic carbocycles. The second kappa shape index (κ2) is 3.34. The molecular weight excluding hydrogens is 128 g/mol. The van der Waals surface area contributed by atoms with Crippen molar-refractivity contribution in [3.63, 3.8) is 0 Å². The van der Waals surface area contributed by atoms with Gasteiger partial charge in [0.05, 0.1) is 0 Å². The van der Waals surface area contributed by atoms with E-state index in [2.05, 4.69) is 18.8 Å². The third-order valence-corrected chi connectivity index (χ3v) is 1.41. The monoisotopic (exact) mass is 141 g/mol. The summed E-state index contributed by atoms with van der Waals surface area (Å²) in [7, 11) is 0. The summed E-state index contributed by atoms with van der Waals surface area (Å²) in [6.45, 7) is 7.56. The SMILES string of the molecule is C=C1C[N+](CCCC)=NO1. The van der Waals surface area contributed by atoms with Crippen molar-refractivity contribution in [3.05, 3.63) is 12.3 Å². The van der Waals surface area contributed by atoms with Crippen LogP contribution in [0.1, 0.15) is 19.8 Å². The van der Waals surface area contributed by atoms with Gasteiger partial charge in [0, 0.05) is 6.42 Å². The second-order valence-corrected chi connectivity index (χ2v) is 2.45. The van der Waals surface area contributed by atoms with Crippen LogP contribution in [0.3, 0.4) is 0 Å². The lowest BCUT2D eigenvalue weighted by atomic mass is 10.3. The first-order valence-electron chi connectivity index (χ1n) is 3.63. The molecule has 1 heterocycles. The molecule has 56 valence electrons. The smallest absolute Gasteiger partial charge is 0.231 e. The molecule has 1 aliphatic rings. The van der Waals surface area contributed by atoms with Gasteiger partial charge in [0.25, 0.3) is 0 Å². The maximum atomic E-state index is 4.82. The van der Waals surface area contributed by atoms with Crippen molar-refractivity contribution >= 4 is 0 Å². The summed E-state index contributed by atoms with van der Waals surface area (Å²) < 4.78 is 1.89. The minimum atomic E-state index is 0.746. The molecule has 1 rings (SSSR count). The van der Waals surface area contributed by atoms with Crippen molar-refractivity contribution in [3.8, 4) is 0 Å². The van der Waals surface area contributed by atoms with Crippen LogP contribution in [0.15, 0.2) is 17.6 Å². The third kappa shape index (κ3) is 1.83. The van der Waals surface area contributed by atoms with Crippen molar-refractivity contribution in [2.45, 2.75) is 19.8 Å². The van der Waals surface area contributed by atoms with E-state index in [1.165, 1.54) is 12.8 Å². The quantitative estimate of drug-likeness (QED) is 0.549. The summed E-state index contributed by atoms with van der Waals surface area (Å²) in [5.74, 6) is 0.746. The zero-order valence-electron chi connectivity index (χ0n) is 6.34. The Hall–Kier alpha value is -0.860. The van der Waals surface area contributed by atoms with Crippen molar-refractivity contribution in [1.82, 2.24) is 0 Å². The van der Waals surface area contributed by atoms with E-state index in [1.54, 1.807) is 0 Å². The van der Waals surface area contributed by atoms with Gasteiger partial charge in [-0.25, -0.2) is 0 Å². The molecule has 3 nitrogen and oxygen atoms in total. The minimum absolute atomic E-state index is 0.746. The van der Waals surface area contributed by atoms with Crippen molar-refractivity contribution in [2.75, 3.05) is 13.1 Å². The second-order valence-electron chi connectivity index (χ2n) is 2.45. The number of hydrogen-bond donors (Lipinski definition) is 0. The molecule has 0 saturated heterocycles. The molecule has 0 bridgehead atoms. The Morgan fingerprint density at radius 1 is 1.80 bits per heavy atom. The molecule has 0 fully saturated rings. The first kappa shape index (κ1) is 7.25. The van der Waals surface area contributed by atoms with Crippen molar-refractivity contribution in [1.29, 1.82) is 0 Å². The molecule has 0 aromatic heterocycles. The largest absolute Gasteiger partial charge is 0.306 e. The molecule has 0 amide bonds. The van der Waals surface area contributed by atoms with Crippen LogP contribution in [0.2, 0.25) is 0 Å². The van der Waals surface area contributed by atoms with Gasteiger partial charge in [-0.2, -0.15) is 0 Å². The lowest BCUT2D eigenvalue weighted by Crippen LogP contribution is -2.08. The van der Waals surface area contributed by atoms with Gasteiger partial charge in [0.1, 0.15) is 0 Å². The van der Waals surface area contributed by atoms with Crippen LogP contribution in [0, 0.1) is 0 Å². The minimum Gasteiger partial charge on any atom is -0.306 e. The van der Waals surface area contributed by atoms with Crippen LogP contribution in [0.25, 0.3) is 0 Å². The third-order valence-electron chi connectivity index (χ3n) is 1.41. The summed E-state index contributed by atoms with van der Waals surface area (Å²) in [5.41, 5.74) is 0. The van der Waals surface area contributed by atoms with E-state index in [0.29, 0.717) is 0 Å². The standard InChI is InChI=1S/C7H13N2O/c1-3-4-5-9-6-7(2)10-8-9/h2-6H2,1H3/q+1. The predicted molar refractivity (Wildman–Crippen MR) is 37.6 cm³/mol. The lowest BCUT2D eigenvalue weighted by molar-refractivity contribution is -0.587. The van der Waals surface area contributed by atoms with E-state index in [4.69, 9.17) is 4.84 Å². The average molecular weight is 141 g/mol. The Bertz CT molecular complexity index is 163. The molecule has 0 radical (unpaired) electrons. The fourth-order valence-electron chi connectivity index (χ4n) is 0.837. The summed E-state index contributed by atoms with van der Waals surface area (Å²) in [5, 5.41) is 3.79. The highest BCUT2D eigenvalue weighted by Crippen LogP contribution is 2.05. The molecule has 0 aromatic rings. The van der Waals surface area contributed by atoms with Crippen LogP contribution in [0.4, 0.5) is 0 Å². The highest BCUT2D eigenvalue weighted by atomic mass is 16.7. The van der Waals surface area contributed by atoms with E-state index in [-0.39, 0.29) is 0 Å². The van der Waals surface area contributed by atoms with Crippen LogP contribution < -0.4 is 0 Å². The molecule has 0 N–H and O–H groups in total. The molecule has 3 heteroatoms. The van der Waals surface area contributed by atoms with E-state index in [1.807, 2.05) is 4.70 Å². The van der Waals surface area contributed by atoms with E-state index in [9.17, 15) is 0 Å². The Morgan fingerprint density at radius 3 is 3.10 bits per heavy atom. The van der Waals surface area contributed by atoms with Crippen molar-refractivity contribution < 1.29 is 9.53 Å². The van der Waals surface area contributed by atoms with Crippen LogP contribution in [-0.2, 0) is 4.84 Å². The van der Waals surface area contributed by atoms with Gasteiger partial charge in [-0.3, -0.25) is 0 Å². The summed E-state index contributed by atoms with van der Waals surface area (Å²) in [4.78, 5) is 4.82. The Morgan fingerprint density at radius 2 is 2.60 bits per heavy atom. The lowest BCUT2D eigenvalue weighted by Gasteiger charge is -1.87. The maximum absolute atomic E-state index is 4.82. The van der Waals surface area contributed by atoms with Crippen LogP contribution >= 0.6 is 0 Å². The molecular formula is C7H13N2O+. The molecule has 10 heavy (non-hydrogen) atoms. The van der Waals surface area contributed by atoms with Gasteiger partial charge in [-0.1, -0.05) is 24.6 Å². The predicted octanol–water partition coefficient (Wildman–Crippen LogP) is 1.71. The van der Waals surface area contributed by atoms with Gasteiger partial charge in [0.15, 0.2) is 11.8 Å².